The number of nitrogens with zero attached hydrogens (tertiary/aromatic N) is 2. The van der Waals surface area contributed by atoms with Crippen molar-refractivity contribution in [3.63, 3.8) is 0 Å². The average molecular weight is 347 g/mol. The van der Waals surface area contributed by atoms with E-state index in [4.69, 9.17) is 0 Å². The number of aryl methyl sites for hydroxylation is 1. The molecule has 0 bridgehead atoms. The van der Waals surface area contributed by atoms with Gasteiger partial charge in [-0.05, 0) is 36.2 Å². The van der Waals surface area contributed by atoms with Crippen molar-refractivity contribution in [2.24, 2.45) is 0 Å². The molecule has 0 aliphatic heterocycles. The van der Waals surface area contributed by atoms with Crippen LogP contribution in [-0.2, 0) is 21.3 Å². The molecule has 0 N–H and O–H groups in total. The summed E-state index contributed by atoms with van der Waals surface area (Å²) in [6, 6.07) is 7.32. The molecule has 2 aromatic rings. The fraction of sp³-hybridized carbons (Fsp3) is 0.273. The second-order valence-electron chi connectivity index (χ2n) is 3.94. The maximum Gasteiger partial charge on any atom is 0.159 e. The minimum absolute atomic E-state index is 0.00299. The smallest absolute Gasteiger partial charge is 0.159 e. The Labute approximate surface area is 118 Å². The first-order valence-electron chi connectivity index (χ1n) is 5.19. The second-order valence-corrected chi connectivity index (χ2v) is 7.76. The van der Waals surface area contributed by atoms with Gasteiger partial charge in [0.25, 0.3) is 0 Å². The Morgan fingerprint density at radius 3 is 2.72 bits per heavy atom. The van der Waals surface area contributed by atoms with Crippen LogP contribution in [0.5, 0.6) is 0 Å². The predicted octanol–water partition coefficient (Wildman–Crippen LogP) is 2.72. The molecule has 0 fully saturated rings. The third-order valence-electron chi connectivity index (χ3n) is 2.37. The predicted molar refractivity (Wildman–Crippen MR) is 75.1 cm³/mol. The number of halogens is 1. The summed E-state index contributed by atoms with van der Waals surface area (Å²) in [6.45, 7) is 1.77. The number of rotatable bonds is 4. The third kappa shape index (κ3) is 3.60. The third-order valence-corrected chi connectivity index (χ3v) is 5.37. The van der Waals surface area contributed by atoms with E-state index in [1.807, 2.05) is 18.2 Å². The Bertz CT molecular complexity index is 653. The van der Waals surface area contributed by atoms with Crippen LogP contribution in [-0.4, -0.2) is 18.0 Å². The summed E-state index contributed by atoms with van der Waals surface area (Å²) in [7, 11) is -3.19. The van der Waals surface area contributed by atoms with Crippen LogP contribution < -0.4 is 0 Å². The SMILES string of the molecule is Cc1nnsc1CS(=O)(=O)Cc1cccc(Br)c1. The van der Waals surface area contributed by atoms with Crippen LogP contribution in [0.15, 0.2) is 28.7 Å². The molecule has 0 amide bonds. The van der Waals surface area contributed by atoms with E-state index in [0.717, 1.165) is 21.6 Å². The molecule has 0 spiro atoms. The van der Waals surface area contributed by atoms with Gasteiger partial charge in [-0.25, -0.2) is 8.42 Å². The van der Waals surface area contributed by atoms with Gasteiger partial charge in [0.2, 0.25) is 0 Å². The van der Waals surface area contributed by atoms with Crippen molar-refractivity contribution in [2.75, 3.05) is 0 Å². The fourth-order valence-corrected chi connectivity index (χ4v) is 4.54. The van der Waals surface area contributed by atoms with Crippen LogP contribution in [0.2, 0.25) is 0 Å². The molecular formula is C11H11BrN2O2S2. The van der Waals surface area contributed by atoms with Gasteiger partial charge in [0.15, 0.2) is 9.84 Å². The van der Waals surface area contributed by atoms with E-state index in [1.165, 1.54) is 0 Å². The van der Waals surface area contributed by atoms with E-state index >= 15 is 0 Å². The van der Waals surface area contributed by atoms with E-state index in [1.54, 1.807) is 13.0 Å². The van der Waals surface area contributed by atoms with Gasteiger partial charge in [-0.15, -0.1) is 5.10 Å². The second kappa shape index (κ2) is 5.46. The number of hydrogen-bond donors (Lipinski definition) is 0. The molecule has 0 unspecified atom stereocenters. The van der Waals surface area contributed by atoms with Gasteiger partial charge in [0, 0.05) is 4.47 Å². The molecular weight excluding hydrogens is 336 g/mol. The lowest BCUT2D eigenvalue weighted by molar-refractivity contribution is 0.594. The monoisotopic (exact) mass is 346 g/mol. The molecule has 0 saturated heterocycles. The van der Waals surface area contributed by atoms with Crippen LogP contribution in [0.3, 0.4) is 0 Å². The first kappa shape index (κ1) is 13.6. The summed E-state index contributed by atoms with van der Waals surface area (Å²) in [5.41, 5.74) is 1.47. The lowest BCUT2D eigenvalue weighted by Gasteiger charge is -2.03. The Kier molecular flexibility index (Phi) is 4.14. The standard InChI is InChI=1S/C11H11BrN2O2S2/c1-8-11(17-14-13-8)7-18(15,16)6-9-3-2-4-10(12)5-9/h2-5H,6-7H2,1H3. The number of hydrogen-bond acceptors (Lipinski definition) is 5. The first-order chi connectivity index (χ1) is 8.46. The van der Waals surface area contributed by atoms with Gasteiger partial charge in [0.05, 0.1) is 22.1 Å². The van der Waals surface area contributed by atoms with Gasteiger partial charge in [-0.1, -0.05) is 32.6 Å². The van der Waals surface area contributed by atoms with Crippen LogP contribution in [0, 0.1) is 6.92 Å². The van der Waals surface area contributed by atoms with Crippen LogP contribution in [0.4, 0.5) is 0 Å². The maximum absolute atomic E-state index is 12.1. The lowest BCUT2D eigenvalue weighted by Crippen LogP contribution is -2.07. The Morgan fingerprint density at radius 1 is 1.33 bits per heavy atom. The maximum atomic E-state index is 12.1. The summed E-state index contributed by atoms with van der Waals surface area (Å²) >= 11 is 4.47. The quantitative estimate of drug-likeness (QED) is 0.853. The molecule has 0 radical (unpaired) electrons. The largest absolute Gasteiger partial charge is 0.228 e. The van der Waals surface area contributed by atoms with E-state index < -0.39 is 9.84 Å². The Hall–Kier alpha value is -0.790. The fourth-order valence-electron chi connectivity index (χ4n) is 1.51. The molecule has 1 aromatic heterocycles. The van der Waals surface area contributed by atoms with Crippen molar-refractivity contribution in [3.8, 4) is 0 Å². The van der Waals surface area contributed by atoms with E-state index in [9.17, 15) is 8.42 Å². The van der Waals surface area contributed by atoms with Crippen LogP contribution in [0.1, 0.15) is 16.1 Å². The summed E-state index contributed by atoms with van der Waals surface area (Å²) in [6.07, 6.45) is 0. The molecule has 1 heterocycles. The van der Waals surface area contributed by atoms with Crippen LogP contribution >= 0.6 is 27.5 Å². The van der Waals surface area contributed by atoms with Crippen molar-refractivity contribution in [2.45, 2.75) is 18.4 Å². The molecule has 0 aliphatic rings. The van der Waals surface area contributed by atoms with E-state index in [2.05, 4.69) is 25.5 Å². The van der Waals surface area contributed by atoms with Crippen LogP contribution in [0.25, 0.3) is 0 Å². The zero-order chi connectivity index (χ0) is 13.2. The van der Waals surface area contributed by atoms with Gasteiger partial charge in [-0.2, -0.15) is 0 Å². The van der Waals surface area contributed by atoms with Gasteiger partial charge >= 0.3 is 0 Å². The van der Waals surface area contributed by atoms with Crippen molar-refractivity contribution in [1.82, 2.24) is 9.59 Å². The van der Waals surface area contributed by atoms with Gasteiger partial charge in [-0.3, -0.25) is 0 Å². The summed E-state index contributed by atoms with van der Waals surface area (Å²) in [5, 5.41) is 3.82. The zero-order valence-electron chi connectivity index (χ0n) is 9.63. The molecule has 2 rings (SSSR count). The zero-order valence-corrected chi connectivity index (χ0v) is 12.8. The highest BCUT2D eigenvalue weighted by Gasteiger charge is 2.16. The summed E-state index contributed by atoms with van der Waals surface area (Å²) < 4.78 is 28.8. The molecule has 96 valence electrons. The van der Waals surface area contributed by atoms with Gasteiger partial charge in [0.1, 0.15) is 0 Å². The van der Waals surface area contributed by atoms with Gasteiger partial charge < -0.3 is 0 Å². The summed E-state index contributed by atoms with van der Waals surface area (Å²) in [5.74, 6) is 0.0345. The Balaban J connectivity index is 2.15. The van der Waals surface area contributed by atoms with Crippen molar-refractivity contribution in [3.05, 3.63) is 44.9 Å². The Morgan fingerprint density at radius 2 is 2.11 bits per heavy atom. The number of sulfone groups is 1. The first-order valence-corrected chi connectivity index (χ1v) is 8.58. The van der Waals surface area contributed by atoms with E-state index in [-0.39, 0.29) is 11.5 Å². The van der Waals surface area contributed by atoms with Crippen molar-refractivity contribution < 1.29 is 8.42 Å². The molecule has 1 aromatic carbocycles. The van der Waals surface area contributed by atoms with Crippen molar-refractivity contribution in [1.29, 1.82) is 0 Å². The molecule has 0 saturated carbocycles. The summed E-state index contributed by atoms with van der Waals surface area (Å²) in [4.78, 5) is 0.713. The molecule has 4 nitrogen and oxygen atoms in total. The highest BCUT2D eigenvalue weighted by molar-refractivity contribution is 9.10. The lowest BCUT2D eigenvalue weighted by atomic mass is 10.2. The topological polar surface area (TPSA) is 59.9 Å². The highest BCUT2D eigenvalue weighted by atomic mass is 79.9. The highest BCUT2D eigenvalue weighted by Crippen LogP contribution is 2.19. The number of aromatic nitrogens is 2. The minimum Gasteiger partial charge on any atom is -0.228 e. The normalized spacial score (nSPS) is 11.7. The molecule has 0 aliphatic carbocycles. The number of benzene rings is 1. The molecule has 18 heavy (non-hydrogen) atoms. The van der Waals surface area contributed by atoms with E-state index in [0.29, 0.717) is 10.6 Å². The van der Waals surface area contributed by atoms with Crippen molar-refractivity contribution >= 4 is 37.3 Å². The minimum atomic E-state index is -3.19. The average Bonchev–Trinajstić information content (AvgIpc) is 2.62. The molecule has 0 atom stereocenters. The molecule has 7 heteroatoms.